The number of hydrogen-bond donors (Lipinski definition) is 1. The van der Waals surface area contributed by atoms with Crippen LogP contribution in [0.5, 0.6) is 0 Å². The summed E-state index contributed by atoms with van der Waals surface area (Å²) in [6, 6.07) is 8.36. The molecule has 1 atom stereocenters. The van der Waals surface area contributed by atoms with Gasteiger partial charge in [-0.15, -0.1) is 5.10 Å². The molecule has 152 valence electrons. The van der Waals surface area contributed by atoms with Gasteiger partial charge in [0.25, 0.3) is 5.56 Å². The molecule has 7 nitrogen and oxygen atoms in total. The van der Waals surface area contributed by atoms with Gasteiger partial charge in [-0.05, 0) is 79.2 Å². The fourth-order valence-electron chi connectivity index (χ4n) is 5.00. The van der Waals surface area contributed by atoms with Crippen molar-refractivity contribution in [2.45, 2.75) is 64.0 Å². The van der Waals surface area contributed by atoms with E-state index in [1.54, 1.807) is 0 Å². The van der Waals surface area contributed by atoms with Crippen molar-refractivity contribution in [3.8, 4) is 0 Å². The van der Waals surface area contributed by atoms with E-state index in [9.17, 15) is 4.79 Å². The van der Waals surface area contributed by atoms with Crippen LogP contribution in [0.15, 0.2) is 29.1 Å². The molecule has 0 spiro atoms. The fraction of sp³-hybridized carbons (Fsp3) is 0.545. The first-order chi connectivity index (χ1) is 14.2. The maximum absolute atomic E-state index is 13.2. The highest BCUT2D eigenvalue weighted by Gasteiger charge is 2.33. The second-order valence-corrected chi connectivity index (χ2v) is 8.56. The van der Waals surface area contributed by atoms with Crippen LogP contribution in [0.3, 0.4) is 0 Å². The van der Waals surface area contributed by atoms with Crippen LogP contribution in [0.2, 0.25) is 0 Å². The first-order valence-electron chi connectivity index (χ1n) is 10.9. The first-order valence-corrected chi connectivity index (χ1v) is 10.9. The zero-order chi connectivity index (χ0) is 19.8. The molecule has 0 unspecified atom stereocenters. The monoisotopic (exact) mass is 392 g/mol. The normalized spacial score (nSPS) is 19.8. The second kappa shape index (κ2) is 7.71. The number of H-pyrrole nitrogens is 1. The first kappa shape index (κ1) is 18.5. The topological polar surface area (TPSA) is 79.7 Å². The molecular formula is C22H28N6O. The molecule has 2 fully saturated rings. The van der Waals surface area contributed by atoms with Gasteiger partial charge in [-0.3, -0.25) is 9.69 Å². The van der Waals surface area contributed by atoms with Crippen LogP contribution in [0.4, 0.5) is 0 Å². The van der Waals surface area contributed by atoms with Crippen LogP contribution in [0.1, 0.15) is 74.0 Å². The summed E-state index contributed by atoms with van der Waals surface area (Å²) in [5, 5.41) is 13.9. The van der Waals surface area contributed by atoms with Crippen LogP contribution < -0.4 is 5.56 Å². The molecule has 2 aliphatic rings. The van der Waals surface area contributed by atoms with Crippen molar-refractivity contribution in [3.63, 3.8) is 0 Å². The van der Waals surface area contributed by atoms with E-state index in [0.29, 0.717) is 6.04 Å². The Morgan fingerprint density at radius 1 is 1.07 bits per heavy atom. The van der Waals surface area contributed by atoms with E-state index in [1.165, 1.54) is 19.3 Å². The number of fused-ring (bicyclic) bond motifs is 1. The Kier molecular flexibility index (Phi) is 4.91. The molecule has 2 aromatic heterocycles. The summed E-state index contributed by atoms with van der Waals surface area (Å²) < 4.78 is 2.01. The van der Waals surface area contributed by atoms with Crippen LogP contribution in [0, 0.1) is 6.92 Å². The van der Waals surface area contributed by atoms with Gasteiger partial charge in [0, 0.05) is 11.1 Å². The minimum Gasteiger partial charge on any atom is -0.322 e. The average Bonchev–Trinajstić information content (AvgIpc) is 3.42. The Balaban J connectivity index is 1.63. The molecule has 3 heterocycles. The van der Waals surface area contributed by atoms with Crippen LogP contribution in [-0.2, 0) is 0 Å². The van der Waals surface area contributed by atoms with Crippen molar-refractivity contribution >= 4 is 10.9 Å². The van der Waals surface area contributed by atoms with E-state index >= 15 is 0 Å². The maximum Gasteiger partial charge on any atom is 0.253 e. The van der Waals surface area contributed by atoms with Crippen LogP contribution in [0.25, 0.3) is 10.9 Å². The van der Waals surface area contributed by atoms with E-state index < -0.39 is 0 Å². The van der Waals surface area contributed by atoms with Crippen LogP contribution >= 0.6 is 0 Å². The molecule has 7 heteroatoms. The Bertz CT molecular complexity index is 1060. The zero-order valence-electron chi connectivity index (χ0n) is 17.0. The molecule has 1 saturated carbocycles. The molecular weight excluding hydrogens is 364 g/mol. The van der Waals surface area contributed by atoms with Gasteiger partial charge in [0.1, 0.15) is 6.04 Å². The molecule has 3 aromatic rings. The predicted octanol–water partition coefficient (Wildman–Crippen LogP) is 3.51. The van der Waals surface area contributed by atoms with Gasteiger partial charge in [0.15, 0.2) is 5.82 Å². The molecule has 5 rings (SSSR count). The van der Waals surface area contributed by atoms with Gasteiger partial charge in [0.05, 0.1) is 6.04 Å². The fourth-order valence-corrected chi connectivity index (χ4v) is 5.00. The number of nitrogens with one attached hydrogen (secondary N) is 1. The Morgan fingerprint density at radius 2 is 1.86 bits per heavy atom. The summed E-state index contributed by atoms with van der Waals surface area (Å²) in [4.78, 5) is 18.6. The number of pyridine rings is 1. The van der Waals surface area contributed by atoms with Gasteiger partial charge < -0.3 is 4.98 Å². The molecule has 1 aliphatic carbocycles. The van der Waals surface area contributed by atoms with Crippen molar-refractivity contribution in [1.29, 1.82) is 0 Å². The predicted molar refractivity (Wildman–Crippen MR) is 112 cm³/mol. The summed E-state index contributed by atoms with van der Waals surface area (Å²) in [6.07, 6.45) is 8.23. The summed E-state index contributed by atoms with van der Waals surface area (Å²) in [5.74, 6) is 0.816. The minimum atomic E-state index is -0.205. The molecule has 1 aromatic carbocycles. The third-order valence-corrected chi connectivity index (χ3v) is 6.51. The van der Waals surface area contributed by atoms with E-state index in [1.807, 2.05) is 23.7 Å². The third-order valence-electron chi connectivity index (χ3n) is 6.51. The van der Waals surface area contributed by atoms with Crippen molar-refractivity contribution in [3.05, 3.63) is 51.6 Å². The maximum atomic E-state index is 13.2. The Labute approximate surface area is 170 Å². The Hall–Kier alpha value is -2.54. The van der Waals surface area contributed by atoms with E-state index in [2.05, 4.69) is 37.5 Å². The van der Waals surface area contributed by atoms with Crippen molar-refractivity contribution in [1.82, 2.24) is 30.1 Å². The number of aromatic amines is 1. The van der Waals surface area contributed by atoms with Gasteiger partial charge in [0.2, 0.25) is 0 Å². The SMILES string of the molecule is Cc1ccc2cc([C@H](c3nnnn3C3CCCCC3)N3CCCC3)c(=O)[nH]c2c1. The smallest absolute Gasteiger partial charge is 0.253 e. The van der Waals surface area contributed by atoms with Crippen LogP contribution in [-0.4, -0.2) is 43.2 Å². The molecule has 1 saturated heterocycles. The largest absolute Gasteiger partial charge is 0.322 e. The lowest BCUT2D eigenvalue weighted by Crippen LogP contribution is -2.34. The number of aromatic nitrogens is 5. The highest BCUT2D eigenvalue weighted by atomic mass is 16.1. The lowest BCUT2D eigenvalue weighted by atomic mass is 9.95. The lowest BCUT2D eigenvalue weighted by molar-refractivity contribution is 0.243. The molecule has 1 aliphatic heterocycles. The summed E-state index contributed by atoms with van der Waals surface area (Å²) >= 11 is 0. The van der Waals surface area contributed by atoms with Crippen molar-refractivity contribution < 1.29 is 0 Å². The number of nitrogens with zero attached hydrogens (tertiary/aromatic N) is 5. The van der Waals surface area contributed by atoms with Gasteiger partial charge in [-0.25, -0.2) is 4.68 Å². The summed E-state index contributed by atoms with van der Waals surface area (Å²) in [6.45, 7) is 3.97. The molecule has 0 bridgehead atoms. The Morgan fingerprint density at radius 3 is 2.66 bits per heavy atom. The number of rotatable bonds is 4. The summed E-state index contributed by atoms with van der Waals surface area (Å²) in [7, 11) is 0. The van der Waals surface area contributed by atoms with Gasteiger partial charge in [-0.1, -0.05) is 31.4 Å². The lowest BCUT2D eigenvalue weighted by Gasteiger charge is -2.29. The van der Waals surface area contributed by atoms with Crippen molar-refractivity contribution in [2.24, 2.45) is 0 Å². The number of benzene rings is 1. The third kappa shape index (κ3) is 3.48. The minimum absolute atomic E-state index is 0.0433. The number of hydrogen-bond acceptors (Lipinski definition) is 5. The highest BCUT2D eigenvalue weighted by molar-refractivity contribution is 5.79. The van der Waals surface area contributed by atoms with Gasteiger partial charge >= 0.3 is 0 Å². The molecule has 0 radical (unpaired) electrons. The standard InChI is InChI=1S/C22H28N6O/c1-15-9-10-16-14-18(22(29)23-19(16)13-15)20(27-11-5-6-12-27)21-24-25-26-28(21)17-7-3-2-4-8-17/h9-10,13-14,17,20H,2-8,11-12H2,1H3,(H,23,29)/t20-/m1/s1. The van der Waals surface area contributed by atoms with E-state index in [4.69, 9.17) is 0 Å². The number of tetrazole rings is 1. The number of aryl methyl sites for hydroxylation is 1. The van der Waals surface area contributed by atoms with Gasteiger partial charge in [-0.2, -0.15) is 0 Å². The molecule has 0 amide bonds. The molecule has 1 N–H and O–H groups in total. The van der Waals surface area contributed by atoms with Crippen molar-refractivity contribution in [2.75, 3.05) is 13.1 Å². The van der Waals surface area contributed by atoms with E-state index in [-0.39, 0.29) is 11.6 Å². The molecule has 29 heavy (non-hydrogen) atoms. The number of likely N-dealkylation sites (tertiary alicyclic amines) is 1. The highest BCUT2D eigenvalue weighted by Crippen LogP contribution is 2.34. The second-order valence-electron chi connectivity index (χ2n) is 8.56. The zero-order valence-corrected chi connectivity index (χ0v) is 17.0. The quantitative estimate of drug-likeness (QED) is 0.735. The van der Waals surface area contributed by atoms with E-state index in [0.717, 1.165) is 66.6 Å². The summed E-state index contributed by atoms with van der Waals surface area (Å²) in [5.41, 5.74) is 2.72. The average molecular weight is 393 g/mol.